The molecule has 1 aromatic rings. The van der Waals surface area contributed by atoms with Crippen molar-refractivity contribution >= 4 is 6.29 Å². The van der Waals surface area contributed by atoms with E-state index in [0.717, 1.165) is 17.6 Å². The molecule has 0 heterocycles. The van der Waals surface area contributed by atoms with E-state index in [0.29, 0.717) is 13.2 Å². The smallest absolute Gasteiger partial charge is 0.142 e. The molecule has 15 heavy (non-hydrogen) atoms. The monoisotopic (exact) mass is 206 g/mol. The molecule has 0 atom stereocenters. The van der Waals surface area contributed by atoms with Gasteiger partial charge in [-0.1, -0.05) is 18.2 Å². The molecule has 0 amide bonds. The molecule has 0 N–H and O–H groups in total. The topological polar surface area (TPSA) is 35.5 Å². The van der Waals surface area contributed by atoms with Crippen molar-refractivity contribution in [2.45, 2.75) is 6.61 Å². The van der Waals surface area contributed by atoms with Crippen LogP contribution in [0.2, 0.25) is 0 Å². The first-order chi connectivity index (χ1) is 7.36. The van der Waals surface area contributed by atoms with Crippen LogP contribution in [-0.2, 0) is 16.1 Å². The van der Waals surface area contributed by atoms with E-state index in [-0.39, 0.29) is 0 Å². The predicted molar refractivity (Wildman–Crippen MR) is 57.9 cm³/mol. The summed E-state index contributed by atoms with van der Waals surface area (Å²) in [5, 5.41) is 0. The first-order valence-electron chi connectivity index (χ1n) is 4.68. The third-order valence-corrected chi connectivity index (χ3v) is 1.86. The van der Waals surface area contributed by atoms with E-state index < -0.39 is 0 Å². The summed E-state index contributed by atoms with van der Waals surface area (Å²) in [5.74, 6) is 0.833. The van der Waals surface area contributed by atoms with Gasteiger partial charge in [-0.15, -0.1) is 0 Å². The maximum atomic E-state index is 9.95. The van der Waals surface area contributed by atoms with Gasteiger partial charge in [-0.3, -0.25) is 4.79 Å². The zero-order chi connectivity index (χ0) is 10.9. The van der Waals surface area contributed by atoms with Gasteiger partial charge in [0.25, 0.3) is 0 Å². The normalized spacial score (nSPS) is 10.5. The summed E-state index contributed by atoms with van der Waals surface area (Å²) in [6.45, 7) is 0.984. The Morgan fingerprint density at radius 3 is 2.60 bits per heavy atom. The molecule has 0 saturated heterocycles. The fourth-order valence-corrected chi connectivity index (χ4v) is 1.08. The van der Waals surface area contributed by atoms with E-state index >= 15 is 0 Å². The Labute approximate surface area is 89.3 Å². The third-order valence-electron chi connectivity index (χ3n) is 1.86. The highest BCUT2D eigenvalue weighted by atomic mass is 16.5. The zero-order valence-corrected chi connectivity index (χ0v) is 8.68. The standard InChI is InChI=1S/C12H14O3/c1-14-12-6-4-11(5-7-12)10-15-9-3-2-8-13/h2-8H,9-10H2,1H3. The number of aldehydes is 1. The van der Waals surface area contributed by atoms with Crippen LogP contribution in [0.3, 0.4) is 0 Å². The Balaban J connectivity index is 2.31. The van der Waals surface area contributed by atoms with E-state index in [4.69, 9.17) is 9.47 Å². The molecule has 0 fully saturated rings. The van der Waals surface area contributed by atoms with Crippen LogP contribution in [0.4, 0.5) is 0 Å². The number of carbonyl (C=O) groups is 1. The third kappa shape index (κ3) is 4.42. The highest BCUT2D eigenvalue weighted by molar-refractivity contribution is 5.64. The molecule has 0 spiro atoms. The molecule has 80 valence electrons. The van der Waals surface area contributed by atoms with Crippen molar-refractivity contribution in [1.82, 2.24) is 0 Å². The van der Waals surface area contributed by atoms with E-state index in [1.54, 1.807) is 13.2 Å². The first-order valence-corrected chi connectivity index (χ1v) is 4.68. The van der Waals surface area contributed by atoms with Gasteiger partial charge in [0.1, 0.15) is 12.0 Å². The van der Waals surface area contributed by atoms with Crippen molar-refractivity contribution in [3.8, 4) is 5.75 Å². The minimum Gasteiger partial charge on any atom is -0.497 e. The number of hydrogen-bond donors (Lipinski definition) is 0. The van der Waals surface area contributed by atoms with E-state index in [1.807, 2.05) is 24.3 Å². The van der Waals surface area contributed by atoms with Crippen LogP contribution in [0.1, 0.15) is 5.56 Å². The molecule has 0 aliphatic carbocycles. The maximum absolute atomic E-state index is 9.95. The molecule has 3 nitrogen and oxygen atoms in total. The van der Waals surface area contributed by atoms with Gasteiger partial charge in [0.2, 0.25) is 0 Å². The molecule has 0 saturated carbocycles. The Bertz CT molecular complexity index is 314. The molecule has 0 aliphatic heterocycles. The van der Waals surface area contributed by atoms with Gasteiger partial charge in [-0.05, 0) is 23.8 Å². The van der Waals surface area contributed by atoms with Gasteiger partial charge in [0.05, 0.1) is 20.3 Å². The number of benzene rings is 1. The Morgan fingerprint density at radius 2 is 2.00 bits per heavy atom. The van der Waals surface area contributed by atoms with Crippen LogP contribution in [0.15, 0.2) is 36.4 Å². The molecule has 0 bridgehead atoms. The largest absolute Gasteiger partial charge is 0.497 e. The zero-order valence-electron chi connectivity index (χ0n) is 8.68. The minimum absolute atomic E-state index is 0.449. The lowest BCUT2D eigenvalue weighted by molar-refractivity contribution is -0.104. The molecule has 0 aromatic heterocycles. The van der Waals surface area contributed by atoms with Crippen molar-refractivity contribution in [2.75, 3.05) is 13.7 Å². The molecule has 1 aromatic carbocycles. The van der Waals surface area contributed by atoms with Gasteiger partial charge in [-0.25, -0.2) is 0 Å². The molecule has 0 aliphatic rings. The number of methoxy groups -OCH3 is 1. The fraction of sp³-hybridized carbons (Fsp3) is 0.250. The van der Waals surface area contributed by atoms with Crippen LogP contribution in [0.25, 0.3) is 0 Å². The number of allylic oxidation sites excluding steroid dienone is 1. The van der Waals surface area contributed by atoms with Crippen LogP contribution in [-0.4, -0.2) is 20.0 Å². The van der Waals surface area contributed by atoms with Gasteiger partial charge in [0, 0.05) is 0 Å². The Hall–Kier alpha value is -1.61. The van der Waals surface area contributed by atoms with Gasteiger partial charge in [0.15, 0.2) is 0 Å². The summed E-state index contributed by atoms with van der Waals surface area (Å²) in [6.07, 6.45) is 3.83. The molecule has 1 rings (SSSR count). The lowest BCUT2D eigenvalue weighted by Crippen LogP contribution is -1.93. The highest BCUT2D eigenvalue weighted by Crippen LogP contribution is 2.11. The van der Waals surface area contributed by atoms with Crippen molar-refractivity contribution in [3.63, 3.8) is 0 Å². The number of hydrogen-bond acceptors (Lipinski definition) is 3. The molecule has 0 unspecified atom stereocenters. The summed E-state index contributed by atoms with van der Waals surface area (Å²) in [6, 6.07) is 7.67. The van der Waals surface area contributed by atoms with Crippen LogP contribution in [0.5, 0.6) is 5.75 Å². The fourth-order valence-electron chi connectivity index (χ4n) is 1.08. The Kier molecular flexibility index (Phi) is 5.19. The second-order valence-electron chi connectivity index (χ2n) is 2.93. The lowest BCUT2D eigenvalue weighted by atomic mass is 10.2. The summed E-state index contributed by atoms with van der Waals surface area (Å²) < 4.78 is 10.3. The van der Waals surface area contributed by atoms with Crippen molar-refractivity contribution in [3.05, 3.63) is 42.0 Å². The highest BCUT2D eigenvalue weighted by Gasteiger charge is 1.93. The van der Waals surface area contributed by atoms with E-state index in [1.165, 1.54) is 6.08 Å². The first kappa shape index (κ1) is 11.5. The van der Waals surface area contributed by atoms with Crippen molar-refractivity contribution in [2.24, 2.45) is 0 Å². The second kappa shape index (κ2) is 6.79. The summed E-state index contributed by atoms with van der Waals surface area (Å²) in [5.41, 5.74) is 1.08. The molecular formula is C12H14O3. The van der Waals surface area contributed by atoms with Crippen molar-refractivity contribution < 1.29 is 14.3 Å². The number of ether oxygens (including phenoxy) is 2. The maximum Gasteiger partial charge on any atom is 0.142 e. The Morgan fingerprint density at radius 1 is 1.27 bits per heavy atom. The summed E-state index contributed by atoms with van der Waals surface area (Å²) in [7, 11) is 1.63. The number of carbonyl (C=O) groups excluding carboxylic acids is 1. The van der Waals surface area contributed by atoms with Crippen molar-refractivity contribution in [1.29, 1.82) is 0 Å². The SMILES string of the molecule is COc1ccc(COCC=CC=O)cc1. The van der Waals surface area contributed by atoms with Gasteiger partial charge < -0.3 is 9.47 Å². The van der Waals surface area contributed by atoms with Gasteiger partial charge in [-0.2, -0.15) is 0 Å². The number of rotatable bonds is 6. The predicted octanol–water partition coefficient (Wildman–Crippen LogP) is 1.97. The second-order valence-corrected chi connectivity index (χ2v) is 2.93. The average molecular weight is 206 g/mol. The van der Waals surface area contributed by atoms with Crippen LogP contribution in [0, 0.1) is 0 Å². The minimum atomic E-state index is 0.449. The lowest BCUT2D eigenvalue weighted by Gasteiger charge is -2.03. The van der Waals surface area contributed by atoms with Crippen LogP contribution >= 0.6 is 0 Å². The average Bonchev–Trinajstić information content (AvgIpc) is 2.30. The molecular weight excluding hydrogens is 192 g/mol. The summed E-state index contributed by atoms with van der Waals surface area (Å²) >= 11 is 0. The quantitative estimate of drug-likeness (QED) is 0.405. The summed E-state index contributed by atoms with van der Waals surface area (Å²) in [4.78, 5) is 9.95. The van der Waals surface area contributed by atoms with E-state index in [2.05, 4.69) is 0 Å². The molecule has 0 radical (unpaired) electrons. The van der Waals surface area contributed by atoms with Gasteiger partial charge >= 0.3 is 0 Å². The molecule has 3 heteroatoms. The van der Waals surface area contributed by atoms with E-state index in [9.17, 15) is 4.79 Å². The van der Waals surface area contributed by atoms with Crippen LogP contribution < -0.4 is 4.74 Å².